The van der Waals surface area contributed by atoms with Gasteiger partial charge in [-0.3, -0.25) is 0 Å². The van der Waals surface area contributed by atoms with Gasteiger partial charge in [0.2, 0.25) is 0 Å². The van der Waals surface area contributed by atoms with E-state index in [2.05, 4.69) is 54.6 Å². The van der Waals surface area contributed by atoms with Gasteiger partial charge in [0.25, 0.3) is 0 Å². The second kappa shape index (κ2) is 40.8. The van der Waals surface area contributed by atoms with Gasteiger partial charge in [0.1, 0.15) is 74.1 Å². The molecule has 0 amide bonds. The number of rotatable bonds is 27. The third kappa shape index (κ3) is 23.5. The van der Waals surface area contributed by atoms with Crippen LogP contribution in [0.25, 0.3) is 66.8 Å². The Hall–Kier alpha value is -4.97. The summed E-state index contributed by atoms with van der Waals surface area (Å²) in [4.78, 5) is 70.1. The van der Waals surface area contributed by atoms with Crippen molar-refractivity contribution in [1.29, 1.82) is 0 Å². The monoisotopic (exact) mass is 1460 g/mol. The fourth-order valence-corrected chi connectivity index (χ4v) is 15.7. The number of hydrogen-bond donors (Lipinski definition) is 0. The van der Waals surface area contributed by atoms with Crippen molar-refractivity contribution in [3.8, 4) is 101 Å². The Bertz CT molecular complexity index is 3810. The third-order valence-electron chi connectivity index (χ3n) is 16.4. The van der Waals surface area contributed by atoms with Crippen LogP contribution < -0.4 is 252 Å². The first-order chi connectivity index (χ1) is 45.9. The predicted octanol–water partition coefficient (Wildman–Crippen LogP) is -12.1. The van der Waals surface area contributed by atoms with E-state index in [0.29, 0.717) is 34.5 Å². The van der Waals surface area contributed by atoms with Crippen LogP contribution in [0.15, 0.2) is 127 Å². The summed E-state index contributed by atoms with van der Waals surface area (Å²) in [5.74, 6) is -6.47. The van der Waals surface area contributed by atoms with Gasteiger partial charge in [-0.25, -0.2) is 0 Å². The molecular weight excluding hydrogens is 1390 g/mol. The summed E-state index contributed by atoms with van der Waals surface area (Å²) in [7, 11) is -1.90. The van der Waals surface area contributed by atoms with Crippen molar-refractivity contribution >= 4 is 59.7 Å². The number of carboxylic acid groups (broad SMARTS) is 6. The van der Waals surface area contributed by atoms with Crippen LogP contribution in [0, 0.1) is 83.1 Å². The van der Waals surface area contributed by atoms with Gasteiger partial charge < -0.3 is 87.8 Å². The number of carboxylic acids is 6. The van der Waals surface area contributed by atoms with Crippen molar-refractivity contribution in [3.63, 3.8) is 0 Å². The summed E-state index contributed by atoms with van der Waals surface area (Å²) in [6.45, 7) is 18.9. The van der Waals surface area contributed by atoms with Crippen LogP contribution in [0.5, 0.6) is 34.5 Å². The Balaban J connectivity index is 0.00000459. The van der Waals surface area contributed by atoms with E-state index in [0.717, 1.165) is 149 Å². The molecule has 0 aliphatic heterocycles. The summed E-state index contributed by atoms with van der Waals surface area (Å²) in [5, 5.41) is 72.5. The van der Waals surface area contributed by atoms with Gasteiger partial charge in [0.05, 0.1) is 35.8 Å². The minimum Gasteiger partial charge on any atom is -0.546 e. The summed E-state index contributed by atoms with van der Waals surface area (Å²) >= 11 is 0. The van der Waals surface area contributed by atoms with Crippen molar-refractivity contribution in [2.75, 3.05) is 39.6 Å². The van der Waals surface area contributed by atoms with E-state index in [4.69, 9.17) is 28.4 Å². The van der Waals surface area contributed by atoms with Gasteiger partial charge in [0.15, 0.2) is 0 Å². The molecule has 0 heterocycles. The normalized spacial score (nSPS) is 10.5. The molecule has 0 radical (unpaired) electrons. The zero-order valence-corrected chi connectivity index (χ0v) is 74.6. The van der Waals surface area contributed by atoms with E-state index in [1.54, 1.807) is 72.8 Å². The number of carbonyl (C=O) groups excluding carboxylic acids is 6. The minimum absolute atomic E-state index is 0. The zero-order chi connectivity index (χ0) is 70.4. The van der Waals surface area contributed by atoms with E-state index >= 15 is 0 Å². The van der Waals surface area contributed by atoms with E-state index in [-0.39, 0.29) is 177 Å². The largest absolute Gasteiger partial charge is 1.00 e. The summed E-state index contributed by atoms with van der Waals surface area (Å²) < 4.78 is 34.2. The Morgan fingerprint density at radius 3 is 0.447 bits per heavy atom. The van der Waals surface area contributed by atoms with Crippen molar-refractivity contribution in [1.82, 2.24) is 0 Å². The van der Waals surface area contributed by atoms with Crippen LogP contribution in [0.4, 0.5) is 0 Å². The maximum atomic E-state index is 11.7. The quantitative estimate of drug-likeness (QED) is 0.0341. The number of hydrogen-bond acceptors (Lipinski definition) is 18. The second-order valence-corrected chi connectivity index (χ2v) is 26.4. The summed E-state index contributed by atoms with van der Waals surface area (Å²) in [6, 6.07) is 40.3. The van der Waals surface area contributed by atoms with Crippen molar-refractivity contribution in [2.45, 2.75) is 83.1 Å². The molecule has 500 valence electrons. The predicted molar refractivity (Wildman–Crippen MR) is 358 cm³/mol. The van der Waals surface area contributed by atoms with Gasteiger partial charge in [-0.15, -0.1) is 0 Å². The molecule has 103 heavy (non-hydrogen) atoms. The number of aliphatic carboxylic acids is 6. The van der Waals surface area contributed by atoms with E-state index in [1.165, 1.54) is 0 Å². The number of ether oxygens (including phenoxy) is 6. The molecule has 0 spiro atoms. The fourth-order valence-electron chi connectivity index (χ4n) is 13.2. The molecule has 0 saturated heterocycles. The van der Waals surface area contributed by atoms with Crippen LogP contribution in [0.3, 0.4) is 0 Å². The van der Waals surface area contributed by atoms with Crippen LogP contribution in [-0.2, 0) is 28.8 Å². The van der Waals surface area contributed by atoms with Gasteiger partial charge in [0, 0.05) is 0 Å². The average molecular weight is 1460 g/mol. The molecule has 0 saturated carbocycles. The Morgan fingerprint density at radius 1 is 0.223 bits per heavy atom. The molecule has 0 aliphatic carbocycles. The van der Waals surface area contributed by atoms with Crippen LogP contribution in [0.2, 0.25) is 0 Å². The molecule has 0 fully saturated rings. The molecule has 0 atom stereocenters. The molecule has 0 aliphatic rings. The number of carbonyl (C=O) groups is 6. The number of benzene rings is 9. The Labute approximate surface area is 733 Å². The third-order valence-corrected chi connectivity index (χ3v) is 18.8. The minimum atomic E-state index is -1.90. The summed E-state index contributed by atoms with van der Waals surface area (Å²) in [6.07, 6.45) is 0. The first kappa shape index (κ1) is 92.2. The Kier molecular flexibility index (Phi) is 36.6. The second-order valence-electron chi connectivity index (χ2n) is 24.2. The van der Waals surface area contributed by atoms with Crippen LogP contribution >= 0.6 is 7.92 Å². The van der Waals surface area contributed by atoms with E-state index in [9.17, 15) is 59.4 Å². The fraction of sp³-hybridized carbons (Fsp3) is 0.231. The molecule has 0 aromatic heterocycles. The summed E-state index contributed by atoms with van der Waals surface area (Å²) in [5.41, 5.74) is 18.5. The Morgan fingerprint density at radius 2 is 0.340 bits per heavy atom. The molecule has 9 rings (SSSR count). The first-order valence-electron chi connectivity index (χ1n) is 30.8. The van der Waals surface area contributed by atoms with Crippen molar-refractivity contribution in [2.24, 2.45) is 0 Å². The molecule has 0 N–H and O–H groups in total. The average Bonchev–Trinajstić information content (AvgIpc) is 0.750. The van der Waals surface area contributed by atoms with E-state index in [1.807, 2.05) is 83.1 Å². The smallest absolute Gasteiger partial charge is 0.546 e. The maximum Gasteiger partial charge on any atom is 1.00 e. The van der Waals surface area contributed by atoms with Gasteiger partial charge in [-0.2, -0.15) is 0 Å². The van der Waals surface area contributed by atoms with Gasteiger partial charge >= 0.3 is 177 Å². The van der Waals surface area contributed by atoms with Gasteiger partial charge in [-0.1, -0.05) is 0 Å². The SMILES string of the molecule is Cc1cc(OCC(=O)[O-])cc(C)c1-c1cc(-c2c(C)cc(OCC(=O)[O-])cc2C)cc(P(c2cc(-c3c(C)cc(OCC(=O)[O-])cc3C)cc(-c3c(C)cc(OCC(=O)[O-])cc3C)c2)c2cc(-c3c(C)cc(OCC(=O)[O-])cc3C)cc(-c3c(C)cc(OCC(=O)[O-])cc3C)c2)c1.[Na+].[Na+].[Na+].[Na+].[Na+].[Na+]. The molecule has 9 aromatic carbocycles. The van der Waals surface area contributed by atoms with E-state index < -0.39 is 83.4 Å². The molecular formula is C78H69Na6O18P. The topological polar surface area (TPSA) is 296 Å². The molecule has 25 heteroatoms. The zero-order valence-electron chi connectivity index (χ0n) is 61.7. The van der Waals surface area contributed by atoms with Crippen molar-refractivity contribution < 1.29 is 265 Å². The van der Waals surface area contributed by atoms with Crippen LogP contribution in [0.1, 0.15) is 66.8 Å². The maximum absolute atomic E-state index is 11.7. The van der Waals surface area contributed by atoms with Crippen LogP contribution in [-0.4, -0.2) is 75.5 Å². The first-order valence-corrected chi connectivity index (χ1v) is 32.2. The number of aryl methyl sites for hydroxylation is 12. The molecule has 0 unspecified atom stereocenters. The molecule has 0 bridgehead atoms. The molecule has 18 nitrogen and oxygen atoms in total. The van der Waals surface area contributed by atoms with Crippen molar-refractivity contribution in [3.05, 3.63) is 194 Å². The standard InChI is InChI=1S/C78H75O18P.6Na/c1-40-13-58(91-34-67(79)80)14-41(2)73(40)52-25-53(74-42(3)15-59(16-43(74)4)92-35-68(81)82)29-64(28-52)97(65-30-54(75-44(5)17-60(18-45(75)6)93-36-69(83)84)26-55(31-65)76-46(7)19-61(20-47(76)8)94-37-70(85)86)66-32-56(77-48(9)21-62(22-49(77)10)95-38-71(87)88)27-57(33-66)78-50(11)23-63(24-51(78)12)96-39-72(89)90;;;;;;/h13-33H,34-39H2,1-12H3,(H,79,80)(H,81,82)(H,83,84)(H,85,86)(H,87,88)(H,89,90);;;;;;/q;6*+1/p-6. The molecule has 9 aromatic rings. The van der Waals surface area contributed by atoms with Gasteiger partial charge in [-0.05, 0) is 368 Å².